The lowest BCUT2D eigenvalue weighted by Gasteiger charge is -2.36. The lowest BCUT2D eigenvalue weighted by molar-refractivity contribution is -0.138. The van der Waals surface area contributed by atoms with E-state index in [4.69, 9.17) is 5.11 Å². The van der Waals surface area contributed by atoms with Crippen LogP contribution in [0, 0.1) is 5.92 Å². The molecule has 1 heterocycles. The molecule has 1 aliphatic rings. The summed E-state index contributed by atoms with van der Waals surface area (Å²) in [7, 11) is 0. The topological polar surface area (TPSA) is 107 Å². The van der Waals surface area contributed by atoms with Crippen LogP contribution < -0.4 is 5.32 Å². The Morgan fingerprint density at radius 2 is 2.05 bits per heavy atom. The number of carboxylic acids is 1. The number of hydrogen-bond acceptors (Lipinski definition) is 4. The van der Waals surface area contributed by atoms with E-state index in [1.807, 2.05) is 13.8 Å². The Bertz CT molecular complexity index is 435. The zero-order valence-corrected chi connectivity index (χ0v) is 11.8. The zero-order chi connectivity index (χ0) is 15.4. The van der Waals surface area contributed by atoms with Gasteiger partial charge in [0.1, 0.15) is 19.1 Å². The van der Waals surface area contributed by atoms with Crippen LogP contribution in [0.15, 0.2) is 0 Å². The Hall–Kier alpha value is -2.12. The van der Waals surface area contributed by atoms with Crippen LogP contribution in [0.5, 0.6) is 0 Å². The number of carbonyl (C=O) groups excluding carboxylic acids is 3. The molecule has 0 aliphatic carbocycles. The van der Waals surface area contributed by atoms with Crippen LogP contribution >= 0.6 is 0 Å². The number of hydrogen-bond donors (Lipinski definition) is 2. The smallest absolute Gasteiger partial charge is 0.323 e. The highest BCUT2D eigenvalue weighted by Crippen LogP contribution is 2.10. The normalized spacial score (nSPS) is 19.0. The lowest BCUT2D eigenvalue weighted by atomic mass is 10.2. The van der Waals surface area contributed by atoms with Gasteiger partial charge in [0.2, 0.25) is 11.8 Å². The number of imide groups is 1. The molecule has 8 nitrogen and oxygen atoms in total. The molecule has 1 atom stereocenters. The number of carbonyl (C=O) groups is 4. The van der Waals surface area contributed by atoms with Gasteiger partial charge in [0.05, 0.1) is 0 Å². The Kier molecular flexibility index (Phi) is 5.06. The average Bonchev–Trinajstić information content (AvgIpc) is 2.30. The minimum Gasteiger partial charge on any atom is -0.480 e. The fourth-order valence-electron chi connectivity index (χ4n) is 1.94. The maximum atomic E-state index is 12.3. The van der Waals surface area contributed by atoms with Crippen molar-refractivity contribution in [2.75, 3.05) is 19.6 Å². The van der Waals surface area contributed by atoms with Crippen molar-refractivity contribution in [1.29, 1.82) is 0 Å². The highest BCUT2D eigenvalue weighted by atomic mass is 16.4. The fraction of sp³-hybridized carbons (Fsp3) is 0.667. The molecular formula is C12H19N3O5. The van der Waals surface area contributed by atoms with Gasteiger partial charge in [-0.15, -0.1) is 0 Å². The van der Waals surface area contributed by atoms with Crippen LogP contribution in [0.1, 0.15) is 20.8 Å². The van der Waals surface area contributed by atoms with E-state index >= 15 is 0 Å². The molecule has 0 saturated carbocycles. The number of rotatable bonds is 4. The van der Waals surface area contributed by atoms with Crippen LogP contribution in [-0.2, 0) is 14.4 Å². The first kappa shape index (κ1) is 15.9. The van der Waals surface area contributed by atoms with Crippen molar-refractivity contribution in [2.45, 2.75) is 26.8 Å². The van der Waals surface area contributed by atoms with Gasteiger partial charge in [-0.25, -0.2) is 4.79 Å². The number of aliphatic carboxylic acids is 1. The van der Waals surface area contributed by atoms with Gasteiger partial charge in [0, 0.05) is 6.54 Å². The van der Waals surface area contributed by atoms with E-state index in [9.17, 15) is 19.2 Å². The zero-order valence-electron chi connectivity index (χ0n) is 11.8. The molecule has 2 N–H and O–H groups in total. The van der Waals surface area contributed by atoms with Gasteiger partial charge >= 0.3 is 12.0 Å². The number of nitrogens with one attached hydrogen (secondary N) is 1. The summed E-state index contributed by atoms with van der Waals surface area (Å²) in [5, 5.41) is 11.0. The van der Waals surface area contributed by atoms with Crippen molar-refractivity contribution < 1.29 is 24.3 Å². The van der Waals surface area contributed by atoms with Crippen LogP contribution in [0.4, 0.5) is 4.79 Å². The molecule has 8 heteroatoms. The third-order valence-electron chi connectivity index (χ3n) is 2.85. The van der Waals surface area contributed by atoms with Crippen LogP contribution in [0.25, 0.3) is 0 Å². The molecule has 1 fully saturated rings. The number of urea groups is 1. The highest BCUT2D eigenvalue weighted by molar-refractivity contribution is 6.04. The van der Waals surface area contributed by atoms with Gasteiger partial charge < -0.3 is 14.9 Å². The summed E-state index contributed by atoms with van der Waals surface area (Å²) in [6, 6.07) is -1.42. The van der Waals surface area contributed by atoms with Crippen molar-refractivity contribution in [3.8, 4) is 0 Å². The first-order valence-corrected chi connectivity index (χ1v) is 6.33. The van der Waals surface area contributed by atoms with Gasteiger partial charge in [-0.3, -0.25) is 19.7 Å². The molecule has 1 aliphatic heterocycles. The lowest BCUT2D eigenvalue weighted by Crippen LogP contribution is -2.61. The third-order valence-corrected chi connectivity index (χ3v) is 2.85. The van der Waals surface area contributed by atoms with E-state index in [2.05, 4.69) is 5.32 Å². The summed E-state index contributed by atoms with van der Waals surface area (Å²) in [4.78, 5) is 48.2. The van der Waals surface area contributed by atoms with Crippen molar-refractivity contribution in [2.24, 2.45) is 5.92 Å². The molecule has 1 unspecified atom stereocenters. The van der Waals surface area contributed by atoms with Crippen LogP contribution in [0.2, 0.25) is 0 Å². The van der Waals surface area contributed by atoms with Crippen molar-refractivity contribution in [3.05, 3.63) is 0 Å². The molecular weight excluding hydrogens is 266 g/mol. The molecule has 4 amide bonds. The van der Waals surface area contributed by atoms with Gasteiger partial charge in [0.15, 0.2) is 0 Å². The van der Waals surface area contributed by atoms with Gasteiger partial charge in [0.25, 0.3) is 0 Å². The van der Waals surface area contributed by atoms with E-state index < -0.39 is 36.4 Å². The maximum absolute atomic E-state index is 12.3. The third kappa shape index (κ3) is 3.94. The number of amides is 4. The molecule has 0 aromatic heterocycles. The number of piperazine rings is 1. The molecule has 1 saturated heterocycles. The van der Waals surface area contributed by atoms with E-state index in [-0.39, 0.29) is 19.0 Å². The Balaban J connectivity index is 2.89. The Morgan fingerprint density at radius 3 is 2.55 bits per heavy atom. The number of nitrogens with zero attached hydrogens (tertiary/aromatic N) is 2. The standard InChI is InChI=1S/C12H19N3O5/c1-7(2)4-14(6-10(17)18)12(20)15-5-9(16)13-11(19)8(15)3/h7-8H,4-6H2,1-3H3,(H,17,18)(H,13,16,19). The minimum absolute atomic E-state index is 0.0722. The summed E-state index contributed by atoms with van der Waals surface area (Å²) in [5.41, 5.74) is 0. The van der Waals surface area contributed by atoms with Gasteiger partial charge in [-0.2, -0.15) is 0 Å². The van der Waals surface area contributed by atoms with Crippen LogP contribution in [-0.4, -0.2) is 64.4 Å². The molecule has 0 radical (unpaired) electrons. The highest BCUT2D eigenvalue weighted by Gasteiger charge is 2.36. The maximum Gasteiger partial charge on any atom is 0.323 e. The Morgan fingerprint density at radius 1 is 1.45 bits per heavy atom. The predicted molar refractivity (Wildman–Crippen MR) is 68.8 cm³/mol. The van der Waals surface area contributed by atoms with Crippen LogP contribution in [0.3, 0.4) is 0 Å². The quantitative estimate of drug-likeness (QED) is 0.677. The molecule has 0 spiro atoms. The van der Waals surface area contributed by atoms with Gasteiger partial charge in [-0.1, -0.05) is 13.8 Å². The molecule has 0 aromatic carbocycles. The second-order valence-corrected chi connectivity index (χ2v) is 5.17. The number of carboxylic acid groups (broad SMARTS) is 1. The molecule has 0 aromatic rings. The SMILES string of the molecule is CC(C)CN(CC(=O)O)C(=O)N1CC(=O)NC(=O)C1C. The molecule has 112 valence electrons. The molecule has 20 heavy (non-hydrogen) atoms. The van der Waals surface area contributed by atoms with Crippen molar-refractivity contribution in [1.82, 2.24) is 15.1 Å². The summed E-state index contributed by atoms with van der Waals surface area (Å²) in [6.45, 7) is 4.72. The minimum atomic E-state index is -1.14. The predicted octanol–water partition coefficient (Wildman–Crippen LogP) is -0.504. The van der Waals surface area contributed by atoms with E-state index in [1.165, 1.54) is 6.92 Å². The van der Waals surface area contributed by atoms with Gasteiger partial charge in [-0.05, 0) is 12.8 Å². The summed E-state index contributed by atoms with van der Waals surface area (Å²) in [6.07, 6.45) is 0. The second kappa shape index (κ2) is 6.36. The summed E-state index contributed by atoms with van der Waals surface area (Å²) in [5.74, 6) is -2.20. The van der Waals surface area contributed by atoms with E-state index in [0.29, 0.717) is 0 Å². The fourth-order valence-corrected chi connectivity index (χ4v) is 1.94. The first-order chi connectivity index (χ1) is 9.22. The largest absolute Gasteiger partial charge is 0.480 e. The van der Waals surface area contributed by atoms with Crippen molar-refractivity contribution >= 4 is 23.8 Å². The Labute approximate surface area is 116 Å². The van der Waals surface area contributed by atoms with E-state index in [0.717, 1.165) is 9.80 Å². The molecule has 0 bridgehead atoms. The summed E-state index contributed by atoms with van der Waals surface area (Å²) >= 11 is 0. The second-order valence-electron chi connectivity index (χ2n) is 5.17. The monoisotopic (exact) mass is 285 g/mol. The first-order valence-electron chi connectivity index (χ1n) is 6.33. The van der Waals surface area contributed by atoms with Crippen molar-refractivity contribution in [3.63, 3.8) is 0 Å². The van der Waals surface area contributed by atoms with E-state index in [1.54, 1.807) is 0 Å². The summed E-state index contributed by atoms with van der Waals surface area (Å²) < 4.78 is 0. The average molecular weight is 285 g/mol. The molecule has 1 rings (SSSR count).